The lowest BCUT2D eigenvalue weighted by atomic mass is 10.1. The second kappa shape index (κ2) is 10.7. The lowest BCUT2D eigenvalue weighted by Gasteiger charge is -2.10. The number of carbonyl (C=O) groups is 4. The van der Waals surface area contributed by atoms with Crippen molar-refractivity contribution in [3.63, 3.8) is 0 Å². The van der Waals surface area contributed by atoms with Crippen molar-refractivity contribution in [1.82, 2.24) is 0 Å². The van der Waals surface area contributed by atoms with Crippen molar-refractivity contribution in [2.45, 2.75) is 13.3 Å². The molecule has 7 nitrogen and oxygen atoms in total. The Morgan fingerprint density at radius 3 is 2.25 bits per heavy atom. The Kier molecular flexibility index (Phi) is 8.52. The van der Waals surface area contributed by atoms with E-state index in [1.807, 2.05) is 0 Å². The largest absolute Gasteiger partial charge is 0.463 e. The minimum absolute atomic E-state index is 0.189. The van der Waals surface area contributed by atoms with E-state index in [9.17, 15) is 19.2 Å². The molecule has 0 aliphatic carbocycles. The highest BCUT2D eigenvalue weighted by Gasteiger charge is 2.16. The predicted octanol–water partition coefficient (Wildman–Crippen LogP) is 1.46. The Labute approximate surface area is 139 Å². The zero-order valence-electron chi connectivity index (χ0n) is 13.2. The predicted molar refractivity (Wildman–Crippen MR) is 83.0 cm³/mol. The topological polar surface area (TPSA) is 96.0 Å². The van der Waals surface area contributed by atoms with E-state index >= 15 is 0 Å². The first-order valence-electron chi connectivity index (χ1n) is 7.27. The molecule has 0 saturated heterocycles. The Balaban J connectivity index is 2.38. The summed E-state index contributed by atoms with van der Waals surface area (Å²) in [6, 6.07) is 8.39. The number of para-hydroxylation sites is 1. The molecule has 0 fully saturated rings. The molecule has 0 saturated carbocycles. The summed E-state index contributed by atoms with van der Waals surface area (Å²) >= 11 is 0. The highest BCUT2D eigenvalue weighted by Crippen LogP contribution is 2.11. The molecular weight excluding hydrogens is 316 g/mol. The van der Waals surface area contributed by atoms with Gasteiger partial charge in [0.1, 0.15) is 18.6 Å². The van der Waals surface area contributed by atoms with Crippen molar-refractivity contribution >= 4 is 24.2 Å². The van der Waals surface area contributed by atoms with Crippen LogP contribution in [0.3, 0.4) is 0 Å². The zero-order chi connectivity index (χ0) is 17.8. The Morgan fingerprint density at radius 2 is 1.67 bits per heavy atom. The maximum absolute atomic E-state index is 11.7. The van der Waals surface area contributed by atoms with Gasteiger partial charge in [-0.05, 0) is 19.1 Å². The SMILES string of the molecule is CCOC(=O)/C=C/C(=O)OCC(C=O)CC(=O)Oc1ccccc1. The summed E-state index contributed by atoms with van der Waals surface area (Å²) < 4.78 is 14.4. The molecule has 1 aromatic rings. The van der Waals surface area contributed by atoms with Crippen molar-refractivity contribution < 1.29 is 33.4 Å². The molecule has 1 rings (SSSR count). The molecule has 0 aliphatic rings. The minimum atomic E-state index is -0.832. The smallest absolute Gasteiger partial charge is 0.331 e. The molecule has 128 valence electrons. The van der Waals surface area contributed by atoms with Gasteiger partial charge in [0.05, 0.1) is 18.9 Å². The molecule has 0 amide bonds. The Morgan fingerprint density at radius 1 is 1.04 bits per heavy atom. The summed E-state index contributed by atoms with van der Waals surface area (Å²) in [6.45, 7) is 1.53. The van der Waals surface area contributed by atoms with Crippen molar-refractivity contribution in [3.8, 4) is 5.75 Å². The monoisotopic (exact) mass is 334 g/mol. The van der Waals surface area contributed by atoms with Crippen LogP contribution in [0.1, 0.15) is 13.3 Å². The number of hydrogen-bond acceptors (Lipinski definition) is 7. The summed E-state index contributed by atoms with van der Waals surface area (Å²) in [6.07, 6.45) is 2.09. The molecule has 0 bridgehead atoms. The lowest BCUT2D eigenvalue weighted by molar-refractivity contribution is -0.144. The molecule has 1 unspecified atom stereocenters. The molecule has 0 heterocycles. The van der Waals surface area contributed by atoms with E-state index in [2.05, 4.69) is 4.74 Å². The van der Waals surface area contributed by atoms with Crippen molar-refractivity contribution in [1.29, 1.82) is 0 Å². The van der Waals surface area contributed by atoms with E-state index in [0.717, 1.165) is 12.2 Å². The molecule has 0 aromatic heterocycles. The third-order valence-corrected chi connectivity index (χ3v) is 2.68. The fourth-order valence-electron chi connectivity index (χ4n) is 1.59. The normalized spacial score (nSPS) is 11.5. The van der Waals surface area contributed by atoms with Gasteiger partial charge in [0, 0.05) is 12.2 Å². The number of aldehydes is 1. The Bertz CT molecular complexity index is 592. The lowest BCUT2D eigenvalue weighted by Crippen LogP contribution is -2.20. The van der Waals surface area contributed by atoms with Gasteiger partial charge in [0.15, 0.2) is 0 Å². The van der Waals surface area contributed by atoms with Crippen molar-refractivity contribution in [3.05, 3.63) is 42.5 Å². The summed E-state index contributed by atoms with van der Waals surface area (Å²) in [5.41, 5.74) is 0. The second-order valence-electron chi connectivity index (χ2n) is 4.60. The number of rotatable bonds is 9. The average Bonchev–Trinajstić information content (AvgIpc) is 2.57. The third kappa shape index (κ3) is 7.88. The standard InChI is InChI=1S/C17H18O7/c1-2-22-15(19)8-9-16(20)23-12-13(11-18)10-17(21)24-14-6-4-3-5-7-14/h3-9,11,13H,2,10,12H2,1H3/b9-8+. The van der Waals surface area contributed by atoms with Crippen molar-refractivity contribution in [2.75, 3.05) is 13.2 Å². The van der Waals surface area contributed by atoms with Crippen LogP contribution < -0.4 is 4.74 Å². The van der Waals surface area contributed by atoms with Gasteiger partial charge in [0.25, 0.3) is 0 Å². The van der Waals surface area contributed by atoms with Crippen LogP contribution in [0, 0.1) is 5.92 Å². The molecule has 0 radical (unpaired) electrons. The quantitative estimate of drug-likeness (QED) is 0.292. The first-order valence-corrected chi connectivity index (χ1v) is 7.27. The van der Waals surface area contributed by atoms with Gasteiger partial charge in [-0.25, -0.2) is 9.59 Å². The first-order chi connectivity index (χ1) is 11.5. The van der Waals surface area contributed by atoms with Crippen molar-refractivity contribution in [2.24, 2.45) is 5.92 Å². The van der Waals surface area contributed by atoms with Gasteiger partial charge in [-0.1, -0.05) is 18.2 Å². The molecule has 0 aliphatic heterocycles. The van der Waals surface area contributed by atoms with Gasteiger partial charge in [0.2, 0.25) is 0 Å². The van der Waals surface area contributed by atoms with E-state index in [4.69, 9.17) is 9.47 Å². The molecular formula is C17H18O7. The summed E-state index contributed by atoms with van der Waals surface area (Å²) in [5.74, 6) is -2.57. The van der Waals surface area contributed by atoms with Gasteiger partial charge in [-0.15, -0.1) is 0 Å². The number of hydrogen-bond donors (Lipinski definition) is 0. The van der Waals surface area contributed by atoms with Crippen LogP contribution in [-0.2, 0) is 28.7 Å². The summed E-state index contributed by atoms with van der Waals surface area (Å²) in [4.78, 5) is 45.1. The van der Waals surface area contributed by atoms with Crippen LogP contribution in [0.25, 0.3) is 0 Å². The number of benzene rings is 1. The molecule has 0 spiro atoms. The number of ether oxygens (including phenoxy) is 3. The van der Waals surface area contributed by atoms with E-state index in [1.54, 1.807) is 37.3 Å². The molecule has 7 heteroatoms. The van der Waals surface area contributed by atoms with Gasteiger partial charge < -0.3 is 19.0 Å². The van der Waals surface area contributed by atoms with Crippen LogP contribution in [0.2, 0.25) is 0 Å². The van der Waals surface area contributed by atoms with Crippen LogP contribution in [-0.4, -0.2) is 37.4 Å². The van der Waals surface area contributed by atoms with Crippen LogP contribution >= 0.6 is 0 Å². The van der Waals surface area contributed by atoms with Crippen LogP contribution in [0.5, 0.6) is 5.75 Å². The maximum atomic E-state index is 11.7. The number of carbonyl (C=O) groups excluding carboxylic acids is 4. The van der Waals surface area contributed by atoms with E-state index in [0.29, 0.717) is 12.0 Å². The Hall–Kier alpha value is -2.96. The zero-order valence-corrected chi connectivity index (χ0v) is 13.2. The third-order valence-electron chi connectivity index (χ3n) is 2.68. The first kappa shape index (κ1) is 19.1. The molecule has 1 aromatic carbocycles. The number of esters is 3. The highest BCUT2D eigenvalue weighted by atomic mass is 16.5. The van der Waals surface area contributed by atoms with Crippen LogP contribution in [0.4, 0.5) is 0 Å². The van der Waals surface area contributed by atoms with Gasteiger partial charge in [-0.2, -0.15) is 0 Å². The van der Waals surface area contributed by atoms with Gasteiger partial charge >= 0.3 is 17.9 Å². The van der Waals surface area contributed by atoms with Crippen LogP contribution in [0.15, 0.2) is 42.5 Å². The van der Waals surface area contributed by atoms with E-state index in [1.165, 1.54) is 0 Å². The van der Waals surface area contributed by atoms with E-state index < -0.39 is 23.8 Å². The fraction of sp³-hybridized carbons (Fsp3) is 0.294. The van der Waals surface area contributed by atoms with E-state index in [-0.39, 0.29) is 19.6 Å². The molecule has 0 N–H and O–H groups in total. The maximum Gasteiger partial charge on any atom is 0.331 e. The fourth-order valence-corrected chi connectivity index (χ4v) is 1.59. The highest BCUT2D eigenvalue weighted by molar-refractivity contribution is 5.91. The molecule has 1 atom stereocenters. The summed E-state index contributed by atoms with van der Waals surface area (Å²) in [5, 5.41) is 0. The molecule has 24 heavy (non-hydrogen) atoms. The second-order valence-corrected chi connectivity index (χ2v) is 4.60. The summed E-state index contributed by atoms with van der Waals surface area (Å²) in [7, 11) is 0. The minimum Gasteiger partial charge on any atom is -0.463 e. The van der Waals surface area contributed by atoms with Gasteiger partial charge in [-0.3, -0.25) is 4.79 Å². The average molecular weight is 334 g/mol.